The molecule has 0 aliphatic heterocycles. The summed E-state index contributed by atoms with van der Waals surface area (Å²) in [6, 6.07) is 18.7. The topological polar surface area (TPSA) is 70.4 Å². The van der Waals surface area contributed by atoms with Gasteiger partial charge in [0.15, 0.2) is 10.7 Å². The molecule has 0 radical (unpaired) electrons. The van der Waals surface area contributed by atoms with Crippen molar-refractivity contribution in [3.8, 4) is 11.5 Å². The highest BCUT2D eigenvalue weighted by Crippen LogP contribution is 2.28. The largest absolute Gasteiger partial charge is 0.436 e. The molecule has 4 aromatic rings. The van der Waals surface area contributed by atoms with Gasteiger partial charge in [0.05, 0.1) is 0 Å². The smallest absolute Gasteiger partial charge is 0.257 e. The minimum absolute atomic E-state index is 0.124. The van der Waals surface area contributed by atoms with Gasteiger partial charge in [-0.1, -0.05) is 0 Å². The Balaban J connectivity index is 1.46. The lowest BCUT2D eigenvalue weighted by molar-refractivity contribution is 0.0977. The first-order valence-corrected chi connectivity index (χ1v) is 11.0. The molecular formula is C25H23FN4O2S. The molecule has 4 rings (SSSR count). The van der Waals surface area contributed by atoms with E-state index in [9.17, 15) is 9.18 Å². The van der Waals surface area contributed by atoms with E-state index in [2.05, 4.69) is 46.5 Å². The van der Waals surface area contributed by atoms with E-state index in [1.54, 1.807) is 18.2 Å². The summed E-state index contributed by atoms with van der Waals surface area (Å²) in [4.78, 5) is 19.1. The van der Waals surface area contributed by atoms with Gasteiger partial charge in [0.25, 0.3) is 5.91 Å². The molecule has 0 aliphatic rings. The van der Waals surface area contributed by atoms with Crippen molar-refractivity contribution in [2.75, 3.05) is 23.3 Å². The van der Waals surface area contributed by atoms with Crippen LogP contribution < -0.4 is 15.5 Å². The van der Waals surface area contributed by atoms with Crippen LogP contribution in [0.15, 0.2) is 71.1 Å². The number of benzene rings is 3. The van der Waals surface area contributed by atoms with Gasteiger partial charge in [-0.2, -0.15) is 0 Å². The number of amides is 1. The van der Waals surface area contributed by atoms with E-state index in [4.69, 9.17) is 16.6 Å². The first-order chi connectivity index (χ1) is 16.0. The molecule has 8 heteroatoms. The van der Waals surface area contributed by atoms with Crippen LogP contribution in [-0.4, -0.2) is 29.1 Å². The maximum atomic E-state index is 13.0. The number of hydrogen-bond donors (Lipinski definition) is 2. The van der Waals surface area contributed by atoms with Crippen molar-refractivity contribution in [3.63, 3.8) is 0 Å². The fraction of sp³-hybridized carbons (Fsp3) is 0.160. The third kappa shape index (κ3) is 5.18. The van der Waals surface area contributed by atoms with Gasteiger partial charge in [-0.25, -0.2) is 9.37 Å². The predicted molar refractivity (Wildman–Crippen MR) is 133 cm³/mol. The fourth-order valence-corrected chi connectivity index (χ4v) is 3.68. The highest BCUT2D eigenvalue weighted by molar-refractivity contribution is 7.80. The zero-order chi connectivity index (χ0) is 23.4. The van der Waals surface area contributed by atoms with Gasteiger partial charge in [-0.3, -0.25) is 10.1 Å². The van der Waals surface area contributed by atoms with Crippen molar-refractivity contribution in [2.24, 2.45) is 0 Å². The molecule has 3 aromatic carbocycles. The van der Waals surface area contributed by atoms with E-state index < -0.39 is 11.7 Å². The van der Waals surface area contributed by atoms with Crippen LogP contribution in [0.3, 0.4) is 0 Å². The molecule has 6 nitrogen and oxygen atoms in total. The molecular weight excluding hydrogens is 439 g/mol. The van der Waals surface area contributed by atoms with Crippen LogP contribution in [-0.2, 0) is 0 Å². The number of oxazole rings is 1. The average Bonchev–Trinajstić information content (AvgIpc) is 3.24. The van der Waals surface area contributed by atoms with Gasteiger partial charge < -0.3 is 14.6 Å². The van der Waals surface area contributed by atoms with Gasteiger partial charge in [0.2, 0.25) is 5.89 Å². The van der Waals surface area contributed by atoms with Gasteiger partial charge >= 0.3 is 0 Å². The summed E-state index contributed by atoms with van der Waals surface area (Å²) in [5.41, 5.74) is 4.31. The van der Waals surface area contributed by atoms with E-state index in [0.717, 1.165) is 24.3 Å². The maximum Gasteiger partial charge on any atom is 0.257 e. The summed E-state index contributed by atoms with van der Waals surface area (Å²) in [6.07, 6.45) is 0. The lowest BCUT2D eigenvalue weighted by atomic mass is 10.2. The highest BCUT2D eigenvalue weighted by atomic mass is 32.1. The van der Waals surface area contributed by atoms with Crippen molar-refractivity contribution >= 4 is 45.7 Å². The zero-order valence-electron chi connectivity index (χ0n) is 18.3. The Labute approximate surface area is 196 Å². The number of aromatic nitrogens is 1. The molecule has 0 unspecified atom stereocenters. The van der Waals surface area contributed by atoms with Crippen molar-refractivity contribution in [1.29, 1.82) is 0 Å². The molecule has 2 N–H and O–H groups in total. The minimum Gasteiger partial charge on any atom is -0.436 e. The second-order valence-corrected chi connectivity index (χ2v) is 7.74. The summed E-state index contributed by atoms with van der Waals surface area (Å²) in [5, 5.41) is 5.67. The van der Waals surface area contributed by atoms with E-state index >= 15 is 0 Å². The Morgan fingerprint density at radius 3 is 2.39 bits per heavy atom. The molecule has 0 aliphatic carbocycles. The lowest BCUT2D eigenvalue weighted by Gasteiger charge is -2.20. The molecule has 0 fully saturated rings. The number of carbonyl (C=O) groups excluding carboxylic acids is 1. The van der Waals surface area contributed by atoms with Gasteiger partial charge in [0, 0.05) is 35.6 Å². The van der Waals surface area contributed by atoms with Crippen LogP contribution in [0.5, 0.6) is 0 Å². The van der Waals surface area contributed by atoms with Crippen molar-refractivity contribution < 1.29 is 13.6 Å². The molecule has 33 heavy (non-hydrogen) atoms. The van der Waals surface area contributed by atoms with Crippen LogP contribution in [0.25, 0.3) is 22.6 Å². The molecule has 1 aromatic heterocycles. The first-order valence-electron chi connectivity index (χ1n) is 10.6. The molecule has 0 atom stereocenters. The average molecular weight is 463 g/mol. The molecule has 0 saturated heterocycles. The monoisotopic (exact) mass is 462 g/mol. The molecule has 1 heterocycles. The summed E-state index contributed by atoms with van der Waals surface area (Å²) in [7, 11) is 0. The van der Waals surface area contributed by atoms with Gasteiger partial charge in [-0.15, -0.1) is 0 Å². The maximum absolute atomic E-state index is 13.0. The van der Waals surface area contributed by atoms with Gasteiger partial charge in [-0.05, 0) is 92.8 Å². The Morgan fingerprint density at radius 2 is 1.73 bits per heavy atom. The third-order valence-corrected chi connectivity index (χ3v) is 5.43. The van der Waals surface area contributed by atoms with E-state index in [-0.39, 0.29) is 5.11 Å². The molecule has 168 valence electrons. The Kier molecular flexibility index (Phi) is 6.65. The summed E-state index contributed by atoms with van der Waals surface area (Å²) < 4.78 is 18.9. The van der Waals surface area contributed by atoms with Crippen LogP contribution in [0, 0.1) is 5.82 Å². The lowest BCUT2D eigenvalue weighted by Crippen LogP contribution is -2.34. The number of fused-ring (bicyclic) bond motifs is 1. The number of carbonyl (C=O) groups is 1. The molecule has 0 spiro atoms. The number of thiocarbonyl (C=S) groups is 1. The first kappa shape index (κ1) is 22.4. The second kappa shape index (κ2) is 9.79. The third-order valence-electron chi connectivity index (χ3n) is 5.22. The molecule has 1 amide bonds. The predicted octanol–water partition coefficient (Wildman–Crippen LogP) is 5.61. The van der Waals surface area contributed by atoms with Crippen molar-refractivity contribution in [3.05, 3.63) is 78.1 Å². The van der Waals surface area contributed by atoms with E-state index in [1.807, 2.05) is 12.1 Å². The Bertz CT molecular complexity index is 1280. The number of nitrogens with zero attached hydrogens (tertiary/aromatic N) is 2. The molecule has 0 bridgehead atoms. The summed E-state index contributed by atoms with van der Waals surface area (Å²) in [6.45, 7) is 6.15. The fourth-order valence-electron chi connectivity index (χ4n) is 3.47. The molecule has 0 saturated carbocycles. The quantitative estimate of drug-likeness (QED) is 0.363. The normalized spacial score (nSPS) is 10.8. The van der Waals surface area contributed by atoms with Gasteiger partial charge in [0.1, 0.15) is 11.3 Å². The van der Waals surface area contributed by atoms with Crippen molar-refractivity contribution in [2.45, 2.75) is 13.8 Å². The Morgan fingerprint density at radius 1 is 1.03 bits per heavy atom. The van der Waals surface area contributed by atoms with Crippen LogP contribution in [0.4, 0.5) is 15.8 Å². The number of nitrogens with one attached hydrogen (secondary N) is 2. The summed E-state index contributed by atoms with van der Waals surface area (Å²) in [5.74, 6) is -0.307. The number of anilines is 2. The van der Waals surface area contributed by atoms with Crippen LogP contribution in [0.1, 0.15) is 24.2 Å². The van der Waals surface area contributed by atoms with Crippen LogP contribution in [0.2, 0.25) is 0 Å². The van der Waals surface area contributed by atoms with E-state index in [1.165, 1.54) is 24.3 Å². The van der Waals surface area contributed by atoms with E-state index in [0.29, 0.717) is 28.2 Å². The number of hydrogen-bond acceptors (Lipinski definition) is 5. The highest BCUT2D eigenvalue weighted by Gasteiger charge is 2.12. The second-order valence-electron chi connectivity index (χ2n) is 7.34. The van der Waals surface area contributed by atoms with Crippen LogP contribution >= 0.6 is 12.2 Å². The standard InChI is InChI=1S/C25H23FN4O2S/c1-3-30(4-2)20-12-7-17(8-13-20)24-28-21-15-19(11-14-22(21)32-24)27-25(33)29-23(31)16-5-9-18(26)10-6-16/h5-15H,3-4H2,1-2H3,(H2,27,29,31,33). The number of rotatable bonds is 6. The number of halogens is 1. The minimum atomic E-state index is -0.426. The Hall–Kier alpha value is -3.78. The zero-order valence-corrected chi connectivity index (χ0v) is 19.1. The summed E-state index contributed by atoms with van der Waals surface area (Å²) >= 11 is 5.23. The SMILES string of the molecule is CCN(CC)c1ccc(-c2nc3cc(NC(=S)NC(=O)c4ccc(F)cc4)ccc3o2)cc1. The van der Waals surface area contributed by atoms with Crippen molar-refractivity contribution in [1.82, 2.24) is 10.3 Å².